The molecule has 1 N–H and O–H groups in total. The van der Waals surface area contributed by atoms with Crippen LogP contribution in [0.4, 0.5) is 0 Å². The van der Waals surface area contributed by atoms with Crippen LogP contribution in [-0.2, 0) is 4.79 Å². The molecule has 1 atom stereocenters. The second-order valence-corrected chi connectivity index (χ2v) is 3.76. The van der Waals surface area contributed by atoms with Crippen molar-refractivity contribution in [1.82, 2.24) is 10.1 Å². The lowest BCUT2D eigenvalue weighted by Crippen LogP contribution is -2.33. The van der Waals surface area contributed by atoms with E-state index >= 15 is 0 Å². The molecule has 1 aromatic heterocycles. The highest BCUT2D eigenvalue weighted by molar-refractivity contribution is 5.92. The number of aliphatic carboxylic acids is 1. The maximum atomic E-state index is 11.8. The lowest BCUT2D eigenvalue weighted by Gasteiger charge is -2.18. The third kappa shape index (κ3) is 2.59. The van der Waals surface area contributed by atoms with E-state index in [0.29, 0.717) is 5.56 Å². The maximum absolute atomic E-state index is 11.8. The van der Waals surface area contributed by atoms with Gasteiger partial charge in [-0.2, -0.15) is 0 Å². The highest BCUT2D eigenvalue weighted by atomic mass is 16.5. The van der Waals surface area contributed by atoms with Gasteiger partial charge in [0.25, 0.3) is 5.91 Å². The predicted molar refractivity (Wildman–Crippen MR) is 55.0 cm³/mol. The van der Waals surface area contributed by atoms with E-state index in [-0.39, 0.29) is 18.2 Å². The molecule has 88 valence electrons. The minimum absolute atomic E-state index is 0.133. The Bertz CT molecular complexity index is 399. The topological polar surface area (TPSA) is 83.6 Å². The van der Waals surface area contributed by atoms with Crippen LogP contribution in [0.5, 0.6) is 0 Å². The smallest absolute Gasteiger partial charge is 0.308 e. The number of amides is 1. The fourth-order valence-electron chi connectivity index (χ4n) is 1.24. The first-order valence-electron chi connectivity index (χ1n) is 4.83. The van der Waals surface area contributed by atoms with Crippen molar-refractivity contribution in [2.24, 2.45) is 5.92 Å². The molecular weight excluding hydrogens is 212 g/mol. The molecule has 0 saturated heterocycles. The van der Waals surface area contributed by atoms with Crippen LogP contribution in [0.25, 0.3) is 0 Å². The predicted octanol–water partition coefficient (Wildman–Crippen LogP) is 0.776. The second kappa shape index (κ2) is 4.78. The van der Waals surface area contributed by atoms with Gasteiger partial charge in [0.2, 0.25) is 5.76 Å². The molecule has 1 amide bonds. The number of carbonyl (C=O) groups excluding carboxylic acids is 1. The number of nitrogens with zero attached hydrogens (tertiary/aromatic N) is 2. The summed E-state index contributed by atoms with van der Waals surface area (Å²) in [6.07, 6.45) is 1.45. The van der Waals surface area contributed by atoms with Crippen molar-refractivity contribution in [3.63, 3.8) is 0 Å². The lowest BCUT2D eigenvalue weighted by molar-refractivity contribution is -0.141. The van der Waals surface area contributed by atoms with Crippen molar-refractivity contribution in [2.45, 2.75) is 13.8 Å². The Balaban J connectivity index is 2.69. The fraction of sp³-hybridized carbons (Fsp3) is 0.500. The second-order valence-electron chi connectivity index (χ2n) is 3.76. The number of carbonyl (C=O) groups is 2. The summed E-state index contributed by atoms with van der Waals surface area (Å²) in [5.41, 5.74) is 0.639. The SMILES string of the molecule is Cc1cnoc1C(=O)N(C)CC(C)C(=O)O. The van der Waals surface area contributed by atoms with E-state index in [0.717, 1.165) is 0 Å². The van der Waals surface area contributed by atoms with E-state index in [1.807, 2.05) is 0 Å². The molecule has 16 heavy (non-hydrogen) atoms. The number of hydrogen-bond acceptors (Lipinski definition) is 4. The molecule has 0 radical (unpaired) electrons. The van der Waals surface area contributed by atoms with E-state index in [9.17, 15) is 9.59 Å². The van der Waals surface area contributed by atoms with E-state index in [1.165, 1.54) is 18.1 Å². The number of aryl methyl sites for hydroxylation is 1. The number of carboxylic acids is 1. The Labute approximate surface area is 92.8 Å². The molecule has 6 nitrogen and oxygen atoms in total. The Hall–Kier alpha value is -1.85. The molecule has 0 aliphatic heterocycles. The van der Waals surface area contributed by atoms with Gasteiger partial charge < -0.3 is 14.5 Å². The van der Waals surface area contributed by atoms with Crippen molar-refractivity contribution in [2.75, 3.05) is 13.6 Å². The summed E-state index contributed by atoms with van der Waals surface area (Å²) in [5.74, 6) is -1.76. The summed E-state index contributed by atoms with van der Waals surface area (Å²) in [4.78, 5) is 23.7. The molecule has 1 aromatic rings. The van der Waals surface area contributed by atoms with Gasteiger partial charge in [0.1, 0.15) is 0 Å². The van der Waals surface area contributed by atoms with Crippen LogP contribution < -0.4 is 0 Å². The van der Waals surface area contributed by atoms with Crippen LogP contribution in [0.1, 0.15) is 23.0 Å². The zero-order chi connectivity index (χ0) is 12.3. The molecule has 0 fully saturated rings. The Kier molecular flexibility index (Phi) is 3.65. The average molecular weight is 226 g/mol. The first kappa shape index (κ1) is 12.2. The molecule has 1 heterocycles. The van der Waals surface area contributed by atoms with Gasteiger partial charge in [-0.3, -0.25) is 9.59 Å². The molecule has 0 spiro atoms. The van der Waals surface area contributed by atoms with Gasteiger partial charge in [0, 0.05) is 19.2 Å². The average Bonchev–Trinajstić information content (AvgIpc) is 2.62. The van der Waals surface area contributed by atoms with Crippen LogP contribution in [0.15, 0.2) is 10.7 Å². The number of carboxylic acid groups (broad SMARTS) is 1. The van der Waals surface area contributed by atoms with Crippen LogP contribution >= 0.6 is 0 Å². The van der Waals surface area contributed by atoms with E-state index in [1.54, 1.807) is 13.8 Å². The molecule has 0 bridgehead atoms. The minimum Gasteiger partial charge on any atom is -0.481 e. The highest BCUT2D eigenvalue weighted by Crippen LogP contribution is 2.10. The van der Waals surface area contributed by atoms with Gasteiger partial charge in [-0.05, 0) is 6.92 Å². The summed E-state index contributed by atoms with van der Waals surface area (Å²) in [7, 11) is 1.53. The van der Waals surface area contributed by atoms with Crippen molar-refractivity contribution in [3.8, 4) is 0 Å². The molecule has 0 aliphatic carbocycles. The number of rotatable bonds is 4. The zero-order valence-electron chi connectivity index (χ0n) is 9.43. The van der Waals surface area contributed by atoms with Gasteiger partial charge in [0.15, 0.2) is 0 Å². The van der Waals surface area contributed by atoms with Crippen molar-refractivity contribution >= 4 is 11.9 Å². The van der Waals surface area contributed by atoms with Gasteiger partial charge in [-0.25, -0.2) is 0 Å². The summed E-state index contributed by atoms with van der Waals surface area (Å²) >= 11 is 0. The molecule has 0 aliphatic rings. The molecular formula is C10H14N2O4. The Morgan fingerprint density at radius 3 is 2.69 bits per heavy atom. The number of hydrogen-bond donors (Lipinski definition) is 1. The van der Waals surface area contributed by atoms with Gasteiger partial charge in [-0.1, -0.05) is 12.1 Å². The fourth-order valence-corrected chi connectivity index (χ4v) is 1.24. The lowest BCUT2D eigenvalue weighted by atomic mass is 10.1. The molecule has 1 unspecified atom stereocenters. The summed E-state index contributed by atoms with van der Waals surface area (Å²) in [5, 5.41) is 12.2. The van der Waals surface area contributed by atoms with E-state index in [2.05, 4.69) is 5.16 Å². The maximum Gasteiger partial charge on any atom is 0.308 e. The third-order valence-corrected chi connectivity index (χ3v) is 2.26. The standard InChI is InChI=1S/C10H14N2O4/c1-6-4-11-16-8(6)9(13)12(3)5-7(2)10(14)15/h4,7H,5H2,1-3H3,(H,14,15). The molecule has 6 heteroatoms. The Morgan fingerprint density at radius 2 is 2.25 bits per heavy atom. The van der Waals surface area contributed by atoms with Crippen LogP contribution in [0.3, 0.4) is 0 Å². The third-order valence-electron chi connectivity index (χ3n) is 2.26. The largest absolute Gasteiger partial charge is 0.481 e. The van der Waals surface area contributed by atoms with E-state index < -0.39 is 11.9 Å². The Morgan fingerprint density at radius 1 is 1.62 bits per heavy atom. The first-order valence-corrected chi connectivity index (χ1v) is 4.83. The van der Waals surface area contributed by atoms with Crippen molar-refractivity contribution in [3.05, 3.63) is 17.5 Å². The summed E-state index contributed by atoms with van der Waals surface area (Å²) in [6, 6.07) is 0. The van der Waals surface area contributed by atoms with Crippen molar-refractivity contribution in [1.29, 1.82) is 0 Å². The monoisotopic (exact) mass is 226 g/mol. The quantitative estimate of drug-likeness (QED) is 0.820. The first-order chi connectivity index (χ1) is 7.43. The van der Waals surface area contributed by atoms with Crippen molar-refractivity contribution < 1.29 is 19.2 Å². The molecule has 1 rings (SSSR count). The van der Waals surface area contributed by atoms with Gasteiger partial charge >= 0.3 is 5.97 Å². The van der Waals surface area contributed by atoms with E-state index in [4.69, 9.17) is 9.63 Å². The normalized spacial score (nSPS) is 12.2. The van der Waals surface area contributed by atoms with Crippen LogP contribution in [0, 0.1) is 12.8 Å². The highest BCUT2D eigenvalue weighted by Gasteiger charge is 2.22. The number of aromatic nitrogens is 1. The van der Waals surface area contributed by atoms with Crippen LogP contribution in [0.2, 0.25) is 0 Å². The zero-order valence-corrected chi connectivity index (χ0v) is 9.43. The molecule has 0 saturated carbocycles. The minimum atomic E-state index is -0.936. The summed E-state index contributed by atoms with van der Waals surface area (Å²) in [6.45, 7) is 3.38. The molecule has 0 aromatic carbocycles. The van der Waals surface area contributed by atoms with Crippen LogP contribution in [-0.4, -0.2) is 40.6 Å². The van der Waals surface area contributed by atoms with Gasteiger partial charge in [-0.15, -0.1) is 0 Å². The summed E-state index contributed by atoms with van der Waals surface area (Å²) < 4.78 is 4.80. The van der Waals surface area contributed by atoms with Gasteiger partial charge in [0.05, 0.1) is 12.1 Å².